The largest absolute Gasteiger partial charge is 0.341 e. The Morgan fingerprint density at radius 1 is 1.15 bits per heavy atom. The first kappa shape index (κ1) is 20.7. The van der Waals surface area contributed by atoms with Crippen molar-refractivity contribution in [3.8, 4) is 0 Å². The first-order valence-electron chi connectivity index (χ1n) is 9.36. The fourth-order valence-electron chi connectivity index (χ4n) is 3.80. The second kappa shape index (κ2) is 8.87. The third-order valence-electron chi connectivity index (χ3n) is 5.29. The summed E-state index contributed by atoms with van der Waals surface area (Å²) in [4.78, 5) is 29.7. The summed E-state index contributed by atoms with van der Waals surface area (Å²) in [6.07, 6.45) is 2.78. The van der Waals surface area contributed by atoms with E-state index in [1.807, 2.05) is 30.9 Å². The predicted octanol–water partition coefficient (Wildman–Crippen LogP) is 2.36. The summed E-state index contributed by atoms with van der Waals surface area (Å²) in [5, 5.41) is 0. The van der Waals surface area contributed by atoms with Crippen LogP contribution in [0.1, 0.15) is 44.2 Å². The average molecular weight is 380 g/mol. The Hall–Kier alpha value is -1.59. The van der Waals surface area contributed by atoms with Gasteiger partial charge < -0.3 is 15.5 Å². The number of nitrogens with zero attached hydrogens (tertiary/aromatic N) is 2. The molecular weight excluding hydrogens is 350 g/mol. The van der Waals surface area contributed by atoms with Crippen molar-refractivity contribution in [3.63, 3.8) is 0 Å². The van der Waals surface area contributed by atoms with Crippen LogP contribution >= 0.6 is 12.4 Å². The van der Waals surface area contributed by atoms with Gasteiger partial charge in [-0.3, -0.25) is 9.59 Å². The van der Waals surface area contributed by atoms with Crippen molar-refractivity contribution in [2.24, 2.45) is 11.7 Å². The number of fused-ring (bicyclic) bond motifs is 1. The minimum absolute atomic E-state index is 0. The van der Waals surface area contributed by atoms with Crippen molar-refractivity contribution < 1.29 is 9.59 Å². The Balaban J connectivity index is 0.00000243. The maximum atomic E-state index is 13.2. The number of piperidine rings is 1. The lowest BCUT2D eigenvalue weighted by atomic mass is 9.91. The molecule has 1 atom stereocenters. The third-order valence-corrected chi connectivity index (χ3v) is 5.29. The molecule has 1 aromatic rings. The van der Waals surface area contributed by atoms with Crippen LogP contribution in [-0.2, 0) is 22.6 Å². The summed E-state index contributed by atoms with van der Waals surface area (Å²) in [5.41, 5.74) is 8.31. The molecule has 2 aliphatic rings. The molecule has 1 saturated heterocycles. The average Bonchev–Trinajstić information content (AvgIpc) is 2.60. The molecule has 0 bridgehead atoms. The lowest BCUT2D eigenvalue weighted by molar-refractivity contribution is -0.148. The lowest BCUT2D eigenvalue weighted by Gasteiger charge is -2.40. The Labute approximate surface area is 162 Å². The van der Waals surface area contributed by atoms with E-state index in [4.69, 9.17) is 5.73 Å². The third kappa shape index (κ3) is 4.57. The molecule has 2 N–H and O–H groups in total. The molecule has 0 radical (unpaired) electrons. The number of likely N-dealkylation sites (tertiary alicyclic amines) is 1. The minimum Gasteiger partial charge on any atom is -0.341 e. The second-order valence-electron chi connectivity index (χ2n) is 7.77. The number of rotatable bonds is 3. The highest BCUT2D eigenvalue weighted by atomic mass is 35.5. The molecule has 6 heteroatoms. The first-order valence-corrected chi connectivity index (χ1v) is 9.36. The predicted molar refractivity (Wildman–Crippen MR) is 105 cm³/mol. The highest BCUT2D eigenvalue weighted by Gasteiger charge is 2.37. The normalized spacial score (nSPS) is 20.5. The number of halogens is 1. The van der Waals surface area contributed by atoms with Gasteiger partial charge >= 0.3 is 0 Å². The molecule has 5 nitrogen and oxygen atoms in total. The summed E-state index contributed by atoms with van der Waals surface area (Å²) in [6, 6.07) is 7.95. The van der Waals surface area contributed by atoms with Crippen LogP contribution < -0.4 is 5.73 Å². The van der Waals surface area contributed by atoms with Gasteiger partial charge in [0.15, 0.2) is 0 Å². The lowest BCUT2D eigenvalue weighted by Crippen LogP contribution is -2.55. The van der Waals surface area contributed by atoms with E-state index in [2.05, 4.69) is 12.1 Å². The van der Waals surface area contributed by atoms with Crippen molar-refractivity contribution in [3.05, 3.63) is 35.4 Å². The van der Waals surface area contributed by atoms with Crippen LogP contribution in [-0.4, -0.2) is 46.8 Å². The molecule has 0 aliphatic carbocycles. The monoisotopic (exact) mass is 379 g/mol. The molecule has 1 unspecified atom stereocenters. The minimum atomic E-state index is -0.379. The summed E-state index contributed by atoms with van der Waals surface area (Å²) in [6.45, 7) is 6.01. The van der Waals surface area contributed by atoms with E-state index in [1.165, 1.54) is 5.56 Å². The van der Waals surface area contributed by atoms with Crippen LogP contribution in [0.15, 0.2) is 24.3 Å². The summed E-state index contributed by atoms with van der Waals surface area (Å²) >= 11 is 0. The number of nitrogens with two attached hydrogens (primary N) is 1. The van der Waals surface area contributed by atoms with E-state index < -0.39 is 0 Å². The number of hydrogen-bond acceptors (Lipinski definition) is 3. The molecule has 0 aromatic heterocycles. The van der Waals surface area contributed by atoms with Gasteiger partial charge in [-0.05, 0) is 29.9 Å². The molecule has 2 heterocycles. The van der Waals surface area contributed by atoms with Crippen molar-refractivity contribution in [1.82, 2.24) is 9.80 Å². The Kier molecular flexibility index (Phi) is 7.07. The van der Waals surface area contributed by atoms with Gasteiger partial charge in [-0.15, -0.1) is 12.4 Å². The van der Waals surface area contributed by atoms with Gasteiger partial charge in [0.2, 0.25) is 11.8 Å². The molecule has 1 fully saturated rings. The van der Waals surface area contributed by atoms with Crippen LogP contribution in [0.5, 0.6) is 0 Å². The maximum absolute atomic E-state index is 13.2. The van der Waals surface area contributed by atoms with Crippen LogP contribution in [0, 0.1) is 5.92 Å². The standard InChI is InChI=1S/C20H29N3O2.ClH/c1-14(2)11-19(24)23-13-16-6-4-3-5-15(16)12-18(23)20(25)22-9-7-17(21)8-10-22;/h3-6,14,17-18H,7-13,21H2,1-2H3;1H. The first-order chi connectivity index (χ1) is 12.0. The Morgan fingerprint density at radius 3 is 2.38 bits per heavy atom. The van der Waals surface area contributed by atoms with Crippen molar-refractivity contribution >= 4 is 24.2 Å². The van der Waals surface area contributed by atoms with Crippen LogP contribution in [0.2, 0.25) is 0 Å². The van der Waals surface area contributed by atoms with Gasteiger partial charge in [-0.2, -0.15) is 0 Å². The van der Waals surface area contributed by atoms with E-state index in [0.29, 0.717) is 32.5 Å². The number of benzene rings is 1. The number of amides is 2. The molecular formula is C20H30ClN3O2. The van der Waals surface area contributed by atoms with E-state index >= 15 is 0 Å². The highest BCUT2D eigenvalue weighted by molar-refractivity contribution is 5.88. The number of carbonyl (C=O) groups is 2. The SMILES string of the molecule is CC(C)CC(=O)N1Cc2ccccc2CC1C(=O)N1CCC(N)CC1.Cl. The smallest absolute Gasteiger partial charge is 0.245 e. The van der Waals surface area contributed by atoms with Crippen LogP contribution in [0.4, 0.5) is 0 Å². The number of carbonyl (C=O) groups excluding carboxylic acids is 2. The second-order valence-corrected chi connectivity index (χ2v) is 7.77. The topological polar surface area (TPSA) is 66.6 Å². The van der Waals surface area contributed by atoms with Crippen LogP contribution in [0.3, 0.4) is 0 Å². The fourth-order valence-corrected chi connectivity index (χ4v) is 3.80. The van der Waals surface area contributed by atoms with E-state index in [-0.39, 0.29) is 42.2 Å². The van der Waals surface area contributed by atoms with Crippen molar-refractivity contribution in [2.75, 3.05) is 13.1 Å². The van der Waals surface area contributed by atoms with E-state index in [9.17, 15) is 9.59 Å². The van der Waals surface area contributed by atoms with Crippen molar-refractivity contribution in [1.29, 1.82) is 0 Å². The Morgan fingerprint density at radius 2 is 1.77 bits per heavy atom. The molecule has 0 saturated carbocycles. The Bertz CT molecular complexity index is 642. The van der Waals surface area contributed by atoms with Gasteiger partial charge in [0.1, 0.15) is 6.04 Å². The quantitative estimate of drug-likeness (QED) is 0.876. The van der Waals surface area contributed by atoms with E-state index in [1.54, 1.807) is 4.90 Å². The van der Waals surface area contributed by atoms with Crippen LogP contribution in [0.25, 0.3) is 0 Å². The molecule has 2 amide bonds. The summed E-state index contributed by atoms with van der Waals surface area (Å²) in [5.74, 6) is 0.448. The fraction of sp³-hybridized carbons (Fsp3) is 0.600. The molecule has 1 aromatic carbocycles. The summed E-state index contributed by atoms with van der Waals surface area (Å²) < 4.78 is 0. The number of hydrogen-bond donors (Lipinski definition) is 1. The van der Waals surface area contributed by atoms with Gasteiger partial charge in [0, 0.05) is 38.5 Å². The zero-order chi connectivity index (χ0) is 18.0. The van der Waals surface area contributed by atoms with Crippen molar-refractivity contribution in [2.45, 2.75) is 58.2 Å². The molecule has 2 aliphatic heterocycles. The maximum Gasteiger partial charge on any atom is 0.245 e. The molecule has 3 rings (SSSR count). The van der Waals surface area contributed by atoms with Gasteiger partial charge in [-0.25, -0.2) is 0 Å². The zero-order valence-corrected chi connectivity index (χ0v) is 16.5. The molecule has 26 heavy (non-hydrogen) atoms. The molecule has 0 spiro atoms. The van der Waals surface area contributed by atoms with E-state index in [0.717, 1.165) is 18.4 Å². The highest BCUT2D eigenvalue weighted by Crippen LogP contribution is 2.26. The summed E-state index contributed by atoms with van der Waals surface area (Å²) in [7, 11) is 0. The van der Waals surface area contributed by atoms with Gasteiger partial charge in [0.05, 0.1) is 0 Å². The zero-order valence-electron chi connectivity index (χ0n) is 15.7. The van der Waals surface area contributed by atoms with Gasteiger partial charge in [0.25, 0.3) is 0 Å². The molecule has 144 valence electrons. The van der Waals surface area contributed by atoms with Gasteiger partial charge in [-0.1, -0.05) is 38.1 Å².